The van der Waals surface area contributed by atoms with E-state index in [1.54, 1.807) is 4.68 Å². The van der Waals surface area contributed by atoms with Gasteiger partial charge in [0.1, 0.15) is 6.33 Å². The number of esters is 1. The van der Waals surface area contributed by atoms with Gasteiger partial charge in [0.25, 0.3) is 5.82 Å². The molecule has 0 aliphatic rings. The molecule has 0 aliphatic carbocycles. The van der Waals surface area contributed by atoms with Gasteiger partial charge in [0.05, 0.1) is 13.2 Å². The first-order chi connectivity index (χ1) is 10.1. The summed E-state index contributed by atoms with van der Waals surface area (Å²) in [5, 5.41) is 4.21. The van der Waals surface area contributed by atoms with Gasteiger partial charge in [0, 0.05) is 6.04 Å². The van der Waals surface area contributed by atoms with Crippen LogP contribution in [0, 0.1) is 6.92 Å². The van der Waals surface area contributed by atoms with E-state index in [-0.39, 0.29) is 17.9 Å². The minimum absolute atomic E-state index is 0.0402. The minimum atomic E-state index is -0.554. The van der Waals surface area contributed by atoms with Gasteiger partial charge < -0.3 is 10.5 Å². The molecule has 2 aromatic rings. The summed E-state index contributed by atoms with van der Waals surface area (Å²) >= 11 is 0. The third-order valence-electron chi connectivity index (χ3n) is 3.42. The van der Waals surface area contributed by atoms with Crippen molar-refractivity contribution in [1.29, 1.82) is 0 Å². The summed E-state index contributed by atoms with van der Waals surface area (Å²) in [4.78, 5) is 15.5. The highest BCUT2D eigenvalue weighted by atomic mass is 16.5. The van der Waals surface area contributed by atoms with Crippen LogP contribution in [0.3, 0.4) is 0 Å². The number of hydrogen-bond donors (Lipinski definition) is 1. The molecule has 0 saturated carbocycles. The fourth-order valence-corrected chi connectivity index (χ4v) is 2.27. The lowest BCUT2D eigenvalue weighted by Gasteiger charge is -2.23. The quantitative estimate of drug-likeness (QED) is 0.847. The Labute approximate surface area is 123 Å². The van der Waals surface area contributed by atoms with E-state index >= 15 is 0 Å². The number of carbonyl (C=O) groups excluding carboxylic acids is 1. The average Bonchev–Trinajstić information content (AvgIpc) is 2.96. The summed E-state index contributed by atoms with van der Waals surface area (Å²) in [5.41, 5.74) is 8.44. The number of rotatable bonds is 5. The summed E-state index contributed by atoms with van der Waals surface area (Å²) in [5.74, 6) is -0.514. The van der Waals surface area contributed by atoms with E-state index in [0.29, 0.717) is 0 Å². The fourth-order valence-electron chi connectivity index (χ4n) is 2.27. The smallest absolute Gasteiger partial charge is 0.377 e. The number of hydrogen-bond acceptors (Lipinski definition) is 5. The number of benzene rings is 1. The predicted octanol–water partition coefficient (Wildman–Crippen LogP) is 1.70. The molecule has 1 heterocycles. The maximum absolute atomic E-state index is 11.5. The third-order valence-corrected chi connectivity index (χ3v) is 3.42. The molecule has 0 spiro atoms. The first kappa shape index (κ1) is 15.2. The Kier molecular flexibility index (Phi) is 4.70. The van der Waals surface area contributed by atoms with Crippen molar-refractivity contribution in [2.75, 3.05) is 7.11 Å². The Balaban J connectivity index is 2.41. The Morgan fingerprint density at radius 2 is 2.24 bits per heavy atom. The number of carbonyl (C=O) groups is 1. The fraction of sp³-hybridized carbons (Fsp3) is 0.400. The summed E-state index contributed by atoms with van der Waals surface area (Å²) in [6.45, 7) is 4.05. The second-order valence-electron chi connectivity index (χ2n) is 4.97. The summed E-state index contributed by atoms with van der Waals surface area (Å²) < 4.78 is 6.27. The van der Waals surface area contributed by atoms with E-state index < -0.39 is 5.97 Å². The molecule has 112 valence electrons. The van der Waals surface area contributed by atoms with Crippen LogP contribution < -0.4 is 5.73 Å². The maximum Gasteiger partial charge on any atom is 0.377 e. The van der Waals surface area contributed by atoms with Gasteiger partial charge in [-0.15, -0.1) is 5.10 Å². The third kappa shape index (κ3) is 3.28. The molecule has 2 unspecified atom stereocenters. The van der Waals surface area contributed by atoms with Gasteiger partial charge in [-0.3, -0.25) is 0 Å². The highest BCUT2D eigenvalue weighted by molar-refractivity contribution is 5.84. The van der Waals surface area contributed by atoms with E-state index in [2.05, 4.69) is 20.9 Å². The lowest BCUT2D eigenvalue weighted by atomic mass is 9.97. The zero-order valence-corrected chi connectivity index (χ0v) is 12.5. The molecule has 6 heteroatoms. The molecule has 0 saturated heterocycles. The largest absolute Gasteiger partial charge is 0.463 e. The van der Waals surface area contributed by atoms with Crippen LogP contribution >= 0.6 is 0 Å². The standard InChI is InChI=1S/C15H20N4O2/c1-4-12(16)13(11-7-5-6-10(2)8-11)19-9-17-14(18-19)15(20)21-3/h5-9,12-13H,4,16H2,1-3H3. The molecule has 2 N–H and O–H groups in total. The minimum Gasteiger partial charge on any atom is -0.463 e. The normalized spacial score (nSPS) is 13.7. The molecule has 2 atom stereocenters. The number of aromatic nitrogens is 3. The summed E-state index contributed by atoms with van der Waals surface area (Å²) in [7, 11) is 1.30. The van der Waals surface area contributed by atoms with Gasteiger partial charge >= 0.3 is 5.97 Å². The maximum atomic E-state index is 11.5. The van der Waals surface area contributed by atoms with Crippen LogP contribution in [0.4, 0.5) is 0 Å². The number of aryl methyl sites for hydroxylation is 1. The molecule has 0 fully saturated rings. The van der Waals surface area contributed by atoms with E-state index in [0.717, 1.165) is 17.5 Å². The zero-order chi connectivity index (χ0) is 15.4. The average molecular weight is 288 g/mol. The highest BCUT2D eigenvalue weighted by Crippen LogP contribution is 2.23. The second kappa shape index (κ2) is 6.49. The first-order valence-corrected chi connectivity index (χ1v) is 6.88. The number of nitrogens with zero attached hydrogens (tertiary/aromatic N) is 3. The van der Waals surface area contributed by atoms with Crippen molar-refractivity contribution < 1.29 is 9.53 Å². The van der Waals surface area contributed by atoms with Crippen molar-refractivity contribution in [2.24, 2.45) is 5.73 Å². The van der Waals surface area contributed by atoms with Gasteiger partial charge in [-0.1, -0.05) is 36.8 Å². The Hall–Kier alpha value is -2.21. The molecule has 0 aliphatic heterocycles. The summed E-state index contributed by atoms with van der Waals surface area (Å²) in [6.07, 6.45) is 2.31. The van der Waals surface area contributed by atoms with Crippen LogP contribution in [-0.2, 0) is 4.74 Å². The first-order valence-electron chi connectivity index (χ1n) is 6.88. The molecule has 0 amide bonds. The van der Waals surface area contributed by atoms with Crippen LogP contribution in [0.15, 0.2) is 30.6 Å². The van der Waals surface area contributed by atoms with E-state index in [9.17, 15) is 4.79 Å². The Bertz CT molecular complexity index is 624. The van der Waals surface area contributed by atoms with E-state index in [4.69, 9.17) is 5.73 Å². The van der Waals surface area contributed by atoms with Gasteiger partial charge in [0.2, 0.25) is 0 Å². The van der Waals surface area contributed by atoms with Crippen LogP contribution in [0.2, 0.25) is 0 Å². The molecule has 1 aromatic carbocycles. The van der Waals surface area contributed by atoms with E-state index in [1.807, 2.05) is 32.0 Å². The summed E-state index contributed by atoms with van der Waals surface area (Å²) in [6, 6.07) is 7.80. The molecule has 6 nitrogen and oxygen atoms in total. The van der Waals surface area contributed by atoms with Crippen molar-refractivity contribution in [1.82, 2.24) is 14.8 Å². The van der Waals surface area contributed by atoms with Crippen molar-refractivity contribution in [3.63, 3.8) is 0 Å². The van der Waals surface area contributed by atoms with Crippen molar-refractivity contribution in [3.8, 4) is 0 Å². The van der Waals surface area contributed by atoms with Crippen LogP contribution in [0.1, 0.15) is 41.1 Å². The van der Waals surface area contributed by atoms with Crippen molar-refractivity contribution in [2.45, 2.75) is 32.4 Å². The highest BCUT2D eigenvalue weighted by Gasteiger charge is 2.23. The van der Waals surface area contributed by atoms with Crippen LogP contribution in [0.25, 0.3) is 0 Å². The second-order valence-corrected chi connectivity index (χ2v) is 4.97. The lowest BCUT2D eigenvalue weighted by Crippen LogP contribution is -2.33. The van der Waals surface area contributed by atoms with Crippen molar-refractivity contribution >= 4 is 5.97 Å². The van der Waals surface area contributed by atoms with Crippen molar-refractivity contribution in [3.05, 3.63) is 47.5 Å². The van der Waals surface area contributed by atoms with Crippen LogP contribution in [0.5, 0.6) is 0 Å². The molecular formula is C15H20N4O2. The van der Waals surface area contributed by atoms with Gasteiger partial charge in [0.15, 0.2) is 0 Å². The lowest BCUT2D eigenvalue weighted by molar-refractivity contribution is 0.0586. The molecule has 1 aromatic heterocycles. The molecule has 21 heavy (non-hydrogen) atoms. The topological polar surface area (TPSA) is 83.0 Å². The molecule has 2 rings (SSSR count). The number of methoxy groups -OCH3 is 1. The molecular weight excluding hydrogens is 268 g/mol. The number of nitrogens with two attached hydrogens (primary N) is 1. The van der Waals surface area contributed by atoms with Crippen LogP contribution in [-0.4, -0.2) is 33.9 Å². The van der Waals surface area contributed by atoms with Gasteiger partial charge in [-0.2, -0.15) is 0 Å². The van der Waals surface area contributed by atoms with Gasteiger partial charge in [-0.25, -0.2) is 14.5 Å². The predicted molar refractivity (Wildman–Crippen MR) is 78.9 cm³/mol. The number of ether oxygens (including phenoxy) is 1. The van der Waals surface area contributed by atoms with E-state index in [1.165, 1.54) is 13.4 Å². The zero-order valence-electron chi connectivity index (χ0n) is 12.5. The van der Waals surface area contributed by atoms with Gasteiger partial charge in [-0.05, 0) is 18.9 Å². The monoisotopic (exact) mass is 288 g/mol. The molecule has 0 bridgehead atoms. The Morgan fingerprint density at radius 1 is 1.48 bits per heavy atom. The molecule has 0 radical (unpaired) electrons. The Morgan fingerprint density at radius 3 is 2.86 bits per heavy atom. The SMILES string of the molecule is CCC(N)C(c1cccc(C)c1)n1cnc(C(=O)OC)n1.